The Labute approximate surface area is 476 Å². The van der Waals surface area contributed by atoms with E-state index in [2.05, 4.69) is 270 Å². The molecule has 0 saturated heterocycles. The summed E-state index contributed by atoms with van der Waals surface area (Å²) >= 11 is 3.60. The standard InChI is InChI=1S/C73H59BN2O2S2/c1-43(2)48-37-61-69-62(38-48)76(60-36-47(28-32-52(60)45-21-13-10-14-22-45)58-42-80-66-26-18-16-24-54(58)66)71-68(56-40-50(73(6,7)8)30-34-64(56)78-71)74(69)67-55-39-49(72(3,4)5)29-33-63(55)77-70(67)75(61)59-35-46(27-31-51(59)44-19-11-9-12-20-44)57-41-79-65-25-17-15-23-53(57)65/h9-43H,1-8H3. The van der Waals surface area contributed by atoms with Gasteiger partial charge in [0.05, 0.1) is 11.4 Å². The van der Waals surface area contributed by atoms with Gasteiger partial charge in [0, 0.05) is 75.5 Å². The van der Waals surface area contributed by atoms with Crippen LogP contribution in [-0.4, -0.2) is 6.71 Å². The quantitative estimate of drug-likeness (QED) is 0.149. The van der Waals surface area contributed by atoms with Gasteiger partial charge in [-0.15, -0.1) is 22.7 Å². The lowest BCUT2D eigenvalue weighted by Crippen LogP contribution is -2.61. The number of hydrogen-bond donors (Lipinski definition) is 0. The molecule has 80 heavy (non-hydrogen) atoms. The van der Waals surface area contributed by atoms with E-state index in [1.807, 2.05) is 0 Å². The summed E-state index contributed by atoms with van der Waals surface area (Å²) in [5.74, 6) is 1.83. The lowest BCUT2D eigenvalue weighted by atomic mass is 9.33. The van der Waals surface area contributed by atoms with Crippen LogP contribution in [0.1, 0.15) is 78.0 Å². The molecule has 0 amide bonds. The summed E-state index contributed by atoms with van der Waals surface area (Å²) in [5, 5.41) is 9.39. The topological polar surface area (TPSA) is 32.8 Å². The van der Waals surface area contributed by atoms with Crippen molar-refractivity contribution in [2.45, 2.75) is 72.1 Å². The van der Waals surface area contributed by atoms with E-state index >= 15 is 0 Å². The largest absolute Gasteiger partial charge is 0.440 e. The number of anilines is 6. The molecule has 0 radical (unpaired) electrons. The van der Waals surface area contributed by atoms with Crippen molar-refractivity contribution < 1.29 is 8.83 Å². The lowest BCUT2D eigenvalue weighted by Gasteiger charge is -2.42. The zero-order valence-corrected chi connectivity index (χ0v) is 47.9. The minimum Gasteiger partial charge on any atom is -0.440 e. The van der Waals surface area contributed by atoms with Gasteiger partial charge in [-0.1, -0.05) is 189 Å². The lowest BCUT2D eigenvalue weighted by molar-refractivity contribution is 0.589. The summed E-state index contributed by atoms with van der Waals surface area (Å²) in [4.78, 5) is 5.01. The first kappa shape index (κ1) is 48.7. The summed E-state index contributed by atoms with van der Waals surface area (Å²) in [6.07, 6.45) is 0. The molecule has 9 aromatic carbocycles. The van der Waals surface area contributed by atoms with Gasteiger partial charge >= 0.3 is 0 Å². The Balaban J connectivity index is 1.11. The Bertz CT molecular complexity index is 4330. The SMILES string of the molecule is CC(C)c1cc2c3c(c1)N(c1cc(-c4csc5ccccc45)ccc1-c1ccccc1)c1oc4ccc(C(C)(C)C)cc4c1B3c1c(oc3ccc(C(C)(C)C)cc13)N2c1cc(-c2csc3ccccc23)ccc1-c1ccccc1. The van der Waals surface area contributed by atoms with E-state index in [9.17, 15) is 0 Å². The molecule has 0 N–H and O–H groups in total. The number of fused-ring (bicyclic) bond motifs is 10. The molecular weight excluding hydrogens is 1010 g/mol. The minimum atomic E-state index is -0.278. The van der Waals surface area contributed by atoms with Crippen molar-refractivity contribution in [1.82, 2.24) is 0 Å². The molecule has 0 aliphatic carbocycles. The van der Waals surface area contributed by atoms with Crippen molar-refractivity contribution in [1.29, 1.82) is 0 Å². The van der Waals surface area contributed by atoms with Gasteiger partial charge in [-0.05, 0) is 133 Å². The molecule has 13 aromatic rings. The molecule has 15 rings (SSSR count). The third kappa shape index (κ3) is 7.61. The maximum Gasteiger partial charge on any atom is 0.262 e. The predicted octanol–water partition coefficient (Wildman–Crippen LogP) is 20.1. The van der Waals surface area contributed by atoms with Crippen molar-refractivity contribution >= 4 is 122 Å². The monoisotopic (exact) mass is 1070 g/mol. The number of hydrogen-bond acceptors (Lipinski definition) is 6. The van der Waals surface area contributed by atoms with Crippen molar-refractivity contribution in [3.8, 4) is 44.5 Å². The fraction of sp³-hybridized carbons (Fsp3) is 0.151. The fourth-order valence-corrected chi connectivity index (χ4v) is 14.6. The van der Waals surface area contributed by atoms with Crippen LogP contribution in [0.2, 0.25) is 0 Å². The van der Waals surface area contributed by atoms with E-state index in [1.165, 1.54) is 53.5 Å². The van der Waals surface area contributed by atoms with Crippen LogP contribution in [0.25, 0.3) is 86.6 Å². The number of benzene rings is 9. The first-order valence-corrected chi connectivity index (χ1v) is 29.8. The minimum absolute atomic E-state index is 0.120. The molecule has 2 aliphatic heterocycles. The highest BCUT2D eigenvalue weighted by Gasteiger charge is 2.50. The molecule has 0 fully saturated rings. The molecule has 6 heterocycles. The maximum atomic E-state index is 7.62. The molecule has 7 heteroatoms. The molecule has 0 unspecified atom stereocenters. The highest BCUT2D eigenvalue weighted by atomic mass is 32.1. The van der Waals surface area contributed by atoms with Gasteiger partial charge in [0.2, 0.25) is 11.8 Å². The number of thiophene rings is 2. The van der Waals surface area contributed by atoms with Crippen molar-refractivity contribution in [2.24, 2.45) is 0 Å². The second-order valence-electron chi connectivity index (χ2n) is 24.3. The zero-order chi connectivity index (χ0) is 54.3. The van der Waals surface area contributed by atoms with Crippen LogP contribution in [0.4, 0.5) is 34.5 Å². The Morgan fingerprint density at radius 2 is 0.812 bits per heavy atom. The van der Waals surface area contributed by atoms with Crippen LogP contribution in [0.3, 0.4) is 0 Å². The Morgan fingerprint density at radius 1 is 0.388 bits per heavy atom. The Hall–Kier alpha value is -8.36. The molecule has 0 spiro atoms. The second kappa shape index (κ2) is 18.1. The normalized spacial score (nSPS) is 13.3. The van der Waals surface area contributed by atoms with Crippen LogP contribution < -0.4 is 26.2 Å². The van der Waals surface area contributed by atoms with Gasteiger partial charge in [0.25, 0.3) is 6.71 Å². The Kier molecular flexibility index (Phi) is 11.0. The highest BCUT2D eigenvalue weighted by molar-refractivity contribution is 7.18. The molecular formula is C73H59BN2O2S2. The molecule has 388 valence electrons. The molecule has 0 saturated carbocycles. The number of rotatable bonds is 7. The predicted molar refractivity (Wildman–Crippen MR) is 344 cm³/mol. The van der Waals surface area contributed by atoms with Gasteiger partial charge in [0.1, 0.15) is 11.2 Å². The Morgan fingerprint density at radius 3 is 1.24 bits per heavy atom. The highest BCUT2D eigenvalue weighted by Crippen LogP contribution is 2.53. The van der Waals surface area contributed by atoms with Crippen LogP contribution in [0.15, 0.2) is 214 Å². The van der Waals surface area contributed by atoms with Gasteiger partial charge in [-0.25, -0.2) is 0 Å². The molecule has 4 nitrogen and oxygen atoms in total. The van der Waals surface area contributed by atoms with E-state index < -0.39 is 0 Å². The third-order valence-corrected chi connectivity index (χ3v) is 18.9. The zero-order valence-electron chi connectivity index (χ0n) is 46.3. The van der Waals surface area contributed by atoms with E-state index in [-0.39, 0.29) is 23.5 Å². The van der Waals surface area contributed by atoms with Gasteiger partial charge in [0.15, 0.2) is 0 Å². The van der Waals surface area contributed by atoms with E-state index in [0.29, 0.717) is 0 Å². The summed E-state index contributed by atoms with van der Waals surface area (Å²) < 4.78 is 17.8. The van der Waals surface area contributed by atoms with Crippen LogP contribution in [0.5, 0.6) is 0 Å². The van der Waals surface area contributed by atoms with Crippen molar-refractivity contribution in [3.63, 3.8) is 0 Å². The summed E-state index contributed by atoms with van der Waals surface area (Å²) in [7, 11) is 0. The molecule has 0 bridgehead atoms. The van der Waals surface area contributed by atoms with Gasteiger partial charge in [-0.2, -0.15) is 0 Å². The van der Waals surface area contributed by atoms with E-state index in [0.717, 1.165) is 101 Å². The van der Waals surface area contributed by atoms with Crippen LogP contribution in [-0.2, 0) is 10.8 Å². The molecule has 0 atom stereocenters. The van der Waals surface area contributed by atoms with E-state index in [1.54, 1.807) is 22.7 Å². The smallest absolute Gasteiger partial charge is 0.262 e. The summed E-state index contributed by atoms with van der Waals surface area (Å²) in [6, 6.07) is 72.3. The fourth-order valence-electron chi connectivity index (χ4n) is 12.7. The second-order valence-corrected chi connectivity index (χ2v) is 26.1. The number of furan rings is 2. The third-order valence-electron chi connectivity index (χ3n) is 17.0. The number of nitrogens with zero attached hydrogens (tertiary/aromatic N) is 2. The first-order valence-electron chi connectivity index (χ1n) is 28.0. The average molecular weight is 1070 g/mol. The summed E-state index contributed by atoms with van der Waals surface area (Å²) in [6.45, 7) is 18.2. The maximum absolute atomic E-state index is 7.62. The molecule has 4 aromatic heterocycles. The van der Waals surface area contributed by atoms with Crippen molar-refractivity contribution in [2.75, 3.05) is 9.80 Å². The van der Waals surface area contributed by atoms with Crippen LogP contribution in [0, 0.1) is 0 Å². The van der Waals surface area contributed by atoms with Gasteiger partial charge < -0.3 is 8.83 Å². The van der Waals surface area contributed by atoms with E-state index in [4.69, 9.17) is 8.83 Å². The summed E-state index contributed by atoms with van der Waals surface area (Å²) in [5.41, 5.74) is 22.3. The van der Waals surface area contributed by atoms with Gasteiger partial charge in [-0.3, -0.25) is 9.80 Å². The van der Waals surface area contributed by atoms with Crippen LogP contribution >= 0.6 is 22.7 Å². The molecule has 2 aliphatic rings. The average Bonchev–Trinajstić information content (AvgIpc) is 4.42. The first-order chi connectivity index (χ1) is 38.8. The van der Waals surface area contributed by atoms with Crippen molar-refractivity contribution in [3.05, 3.63) is 222 Å².